The van der Waals surface area contributed by atoms with Crippen LogP contribution in [-0.4, -0.2) is 60.9 Å². The topological polar surface area (TPSA) is 97.4 Å². The van der Waals surface area contributed by atoms with E-state index in [9.17, 15) is 9.59 Å². The minimum absolute atomic E-state index is 0.0219. The van der Waals surface area contributed by atoms with Gasteiger partial charge < -0.3 is 18.9 Å². The summed E-state index contributed by atoms with van der Waals surface area (Å²) in [6.45, 7) is 3.56. The van der Waals surface area contributed by atoms with Crippen molar-refractivity contribution in [3.63, 3.8) is 0 Å². The molecule has 1 unspecified atom stereocenters. The Morgan fingerprint density at radius 3 is 2.68 bits per heavy atom. The smallest absolute Gasteiger partial charge is 0.249 e. The van der Waals surface area contributed by atoms with E-state index in [-0.39, 0.29) is 30.3 Å². The quantitative estimate of drug-likeness (QED) is 0.791. The Hall–Kier alpha value is -2.71. The number of aryl methyl sites for hydroxylation is 1. The van der Waals surface area contributed by atoms with Gasteiger partial charge in [0, 0.05) is 37.9 Å². The predicted molar refractivity (Wildman–Crippen MR) is 98.9 cm³/mol. The Kier molecular flexibility index (Phi) is 5.40. The zero-order chi connectivity index (χ0) is 19.5. The highest BCUT2D eigenvalue weighted by molar-refractivity contribution is 5.80. The summed E-state index contributed by atoms with van der Waals surface area (Å²) >= 11 is 0. The zero-order valence-corrected chi connectivity index (χ0v) is 16.2. The molecule has 9 nitrogen and oxygen atoms in total. The predicted octanol–water partition coefficient (Wildman–Crippen LogP) is 1.57. The number of nitrogens with zero attached hydrogens (tertiary/aromatic N) is 6. The van der Waals surface area contributed by atoms with Crippen LogP contribution in [0.5, 0.6) is 0 Å². The average molecular weight is 386 g/mol. The molecule has 1 aliphatic heterocycles. The molecule has 1 aliphatic carbocycles. The lowest BCUT2D eigenvalue weighted by atomic mass is 10.0. The number of imidazole rings is 1. The molecule has 0 bridgehead atoms. The molecule has 28 heavy (non-hydrogen) atoms. The third-order valence-electron chi connectivity index (χ3n) is 5.71. The third-order valence-corrected chi connectivity index (χ3v) is 5.71. The first-order valence-corrected chi connectivity index (χ1v) is 9.96. The number of aromatic nitrogens is 4. The summed E-state index contributed by atoms with van der Waals surface area (Å²) < 4.78 is 7.17. The average Bonchev–Trinajstić information content (AvgIpc) is 3.43. The number of carbonyl (C=O) groups excluding carboxylic acids is 2. The van der Waals surface area contributed by atoms with Crippen molar-refractivity contribution in [3.8, 4) is 0 Å². The van der Waals surface area contributed by atoms with Crippen LogP contribution >= 0.6 is 0 Å². The fraction of sp³-hybridized carbons (Fsp3) is 0.632. The van der Waals surface area contributed by atoms with E-state index in [1.165, 1.54) is 0 Å². The van der Waals surface area contributed by atoms with Crippen molar-refractivity contribution in [2.24, 2.45) is 5.92 Å². The molecular weight excluding hydrogens is 360 g/mol. The van der Waals surface area contributed by atoms with E-state index < -0.39 is 0 Å². The maximum Gasteiger partial charge on any atom is 0.249 e. The van der Waals surface area contributed by atoms with Gasteiger partial charge in [-0.3, -0.25) is 9.59 Å². The van der Waals surface area contributed by atoms with Crippen molar-refractivity contribution in [3.05, 3.63) is 30.4 Å². The molecule has 1 saturated heterocycles. The maximum atomic E-state index is 13.2. The molecule has 0 spiro atoms. The lowest BCUT2D eigenvalue weighted by molar-refractivity contribution is -0.139. The van der Waals surface area contributed by atoms with E-state index in [0.29, 0.717) is 37.8 Å². The van der Waals surface area contributed by atoms with E-state index in [4.69, 9.17) is 4.52 Å². The number of carbonyl (C=O) groups is 2. The molecule has 3 heterocycles. The van der Waals surface area contributed by atoms with Crippen molar-refractivity contribution in [2.75, 3.05) is 19.6 Å². The first-order valence-electron chi connectivity index (χ1n) is 9.96. The Morgan fingerprint density at radius 1 is 1.18 bits per heavy atom. The summed E-state index contributed by atoms with van der Waals surface area (Å²) in [5.74, 6) is 1.27. The molecule has 2 aromatic heterocycles. The Morgan fingerprint density at radius 2 is 2.00 bits per heavy atom. The summed E-state index contributed by atoms with van der Waals surface area (Å²) in [5.41, 5.74) is 0. The molecule has 2 amide bonds. The summed E-state index contributed by atoms with van der Waals surface area (Å²) in [6.07, 6.45) is 9.74. The minimum Gasteiger partial charge on any atom is -0.339 e. The van der Waals surface area contributed by atoms with Crippen LogP contribution in [0.3, 0.4) is 0 Å². The van der Waals surface area contributed by atoms with Crippen molar-refractivity contribution in [2.45, 2.75) is 51.6 Å². The van der Waals surface area contributed by atoms with Crippen LogP contribution in [0, 0.1) is 12.8 Å². The van der Waals surface area contributed by atoms with Gasteiger partial charge in [-0.15, -0.1) is 0 Å². The third kappa shape index (κ3) is 3.93. The van der Waals surface area contributed by atoms with Gasteiger partial charge in [0.15, 0.2) is 5.82 Å². The van der Waals surface area contributed by atoms with Crippen molar-refractivity contribution >= 4 is 11.8 Å². The van der Waals surface area contributed by atoms with Crippen molar-refractivity contribution in [1.29, 1.82) is 0 Å². The fourth-order valence-corrected chi connectivity index (χ4v) is 4.19. The van der Waals surface area contributed by atoms with Crippen LogP contribution in [0.15, 0.2) is 23.2 Å². The van der Waals surface area contributed by atoms with Crippen molar-refractivity contribution in [1.82, 2.24) is 29.5 Å². The van der Waals surface area contributed by atoms with Gasteiger partial charge in [0.05, 0.1) is 6.33 Å². The van der Waals surface area contributed by atoms with Gasteiger partial charge in [-0.05, 0) is 26.2 Å². The van der Waals surface area contributed by atoms with Gasteiger partial charge in [0.2, 0.25) is 17.7 Å². The molecular formula is C19H26N6O3. The standard InChI is InChI=1S/C19H26N6O3/c1-14-21-18(28-22-14)16-6-8-24(17(26)12-23-9-7-20-13-23)10-11-25(16)19(27)15-4-2-3-5-15/h7,9,13,15-16H,2-6,8,10-12H2,1H3. The van der Waals surface area contributed by atoms with Crippen LogP contribution in [0.1, 0.15) is 49.9 Å². The molecule has 9 heteroatoms. The van der Waals surface area contributed by atoms with E-state index in [2.05, 4.69) is 15.1 Å². The fourth-order valence-electron chi connectivity index (χ4n) is 4.19. The molecule has 4 rings (SSSR count). The number of amides is 2. The SMILES string of the molecule is Cc1noc(C2CCN(C(=O)Cn3ccnc3)CCN2C(=O)C2CCCC2)n1. The highest BCUT2D eigenvalue weighted by Crippen LogP contribution is 2.32. The number of hydrogen-bond donors (Lipinski definition) is 0. The van der Waals surface area contributed by atoms with Crippen LogP contribution in [0.25, 0.3) is 0 Å². The van der Waals surface area contributed by atoms with Crippen LogP contribution in [0.2, 0.25) is 0 Å². The molecule has 1 saturated carbocycles. The van der Waals surface area contributed by atoms with E-state index in [1.54, 1.807) is 30.2 Å². The Bertz CT molecular complexity index is 812. The molecule has 2 aliphatic rings. The second-order valence-electron chi connectivity index (χ2n) is 7.61. The number of rotatable bonds is 4. The number of hydrogen-bond acceptors (Lipinski definition) is 6. The second kappa shape index (κ2) is 8.12. The van der Waals surface area contributed by atoms with E-state index >= 15 is 0 Å². The highest BCUT2D eigenvalue weighted by Gasteiger charge is 2.37. The largest absolute Gasteiger partial charge is 0.339 e. The van der Waals surface area contributed by atoms with Crippen LogP contribution in [-0.2, 0) is 16.1 Å². The molecule has 2 aromatic rings. The summed E-state index contributed by atoms with van der Waals surface area (Å²) in [5, 5.41) is 3.90. The van der Waals surface area contributed by atoms with E-state index in [0.717, 1.165) is 25.7 Å². The zero-order valence-electron chi connectivity index (χ0n) is 16.2. The minimum atomic E-state index is -0.277. The Labute approximate surface area is 163 Å². The molecule has 0 aromatic carbocycles. The second-order valence-corrected chi connectivity index (χ2v) is 7.61. The van der Waals surface area contributed by atoms with E-state index in [1.807, 2.05) is 9.80 Å². The van der Waals surface area contributed by atoms with Gasteiger partial charge in [0.25, 0.3) is 0 Å². The maximum absolute atomic E-state index is 13.2. The summed E-state index contributed by atoms with van der Waals surface area (Å²) in [4.78, 5) is 38.0. The molecule has 2 fully saturated rings. The molecule has 0 radical (unpaired) electrons. The summed E-state index contributed by atoms with van der Waals surface area (Å²) in [7, 11) is 0. The van der Waals surface area contributed by atoms with Crippen molar-refractivity contribution < 1.29 is 14.1 Å². The summed E-state index contributed by atoms with van der Waals surface area (Å²) in [6, 6.07) is -0.277. The van der Waals surface area contributed by atoms with Gasteiger partial charge in [0.1, 0.15) is 12.6 Å². The lowest BCUT2D eigenvalue weighted by Crippen LogP contribution is -2.41. The van der Waals surface area contributed by atoms with Gasteiger partial charge in [-0.2, -0.15) is 4.98 Å². The highest BCUT2D eigenvalue weighted by atomic mass is 16.5. The first-order chi connectivity index (χ1) is 13.6. The first kappa shape index (κ1) is 18.6. The Balaban J connectivity index is 1.51. The molecule has 150 valence electrons. The monoisotopic (exact) mass is 386 g/mol. The molecule has 1 atom stereocenters. The normalized spacial score (nSPS) is 21.1. The van der Waals surface area contributed by atoms with Crippen LogP contribution < -0.4 is 0 Å². The van der Waals surface area contributed by atoms with Crippen LogP contribution in [0.4, 0.5) is 0 Å². The van der Waals surface area contributed by atoms with Gasteiger partial charge in [-0.25, -0.2) is 4.98 Å². The molecule has 0 N–H and O–H groups in total. The van der Waals surface area contributed by atoms with Gasteiger partial charge >= 0.3 is 0 Å². The lowest BCUT2D eigenvalue weighted by Gasteiger charge is -2.29. The van der Waals surface area contributed by atoms with Gasteiger partial charge in [-0.1, -0.05) is 18.0 Å².